The molecule has 26 heavy (non-hydrogen) atoms. The minimum Gasteiger partial charge on any atom is -0.504 e. The summed E-state index contributed by atoms with van der Waals surface area (Å²) in [6.07, 6.45) is 7.16. The van der Waals surface area contributed by atoms with Gasteiger partial charge in [0.1, 0.15) is 16.9 Å². The van der Waals surface area contributed by atoms with Crippen LogP contribution in [0.15, 0.2) is 6.07 Å². The second kappa shape index (κ2) is 5.40. The topological polar surface area (TPSA) is 66.8 Å². The molecule has 4 unspecified atom stereocenters. The molecule has 4 rings (SSSR count). The Morgan fingerprint density at radius 3 is 2.62 bits per heavy atom. The van der Waals surface area contributed by atoms with Gasteiger partial charge in [-0.25, -0.2) is 0 Å². The van der Waals surface area contributed by atoms with E-state index in [4.69, 9.17) is 4.74 Å². The average Bonchev–Trinajstić information content (AvgIpc) is 2.94. The van der Waals surface area contributed by atoms with Crippen molar-refractivity contribution in [2.45, 2.75) is 71.8 Å². The van der Waals surface area contributed by atoms with Crippen LogP contribution in [0.1, 0.15) is 75.7 Å². The molecule has 4 atom stereocenters. The summed E-state index contributed by atoms with van der Waals surface area (Å²) >= 11 is 0. The SMILES string of the molecule is CC1CCC2C(C)(C)CCCC2(C)C12Cc1cc(O)c(O)c(C=O)c1O2. The molecule has 2 saturated carbocycles. The molecule has 3 aliphatic rings. The van der Waals surface area contributed by atoms with Gasteiger partial charge < -0.3 is 14.9 Å². The fourth-order valence-electron chi connectivity index (χ4n) is 6.72. The Bertz CT molecular complexity index is 768. The molecule has 142 valence electrons. The standard InChI is InChI=1S/C22H30O4/c1-13-6-7-17-20(2,3)8-5-9-21(17,4)22(13)11-14-10-16(24)18(25)15(12-23)19(14)26-22/h10,12-13,17,24-25H,5-9,11H2,1-4H3. The van der Waals surface area contributed by atoms with Crippen LogP contribution in [0.4, 0.5) is 0 Å². The molecular formula is C22H30O4. The summed E-state index contributed by atoms with van der Waals surface area (Å²) in [5.41, 5.74) is 0.838. The summed E-state index contributed by atoms with van der Waals surface area (Å²) in [6, 6.07) is 1.58. The van der Waals surface area contributed by atoms with Gasteiger partial charge in [-0.3, -0.25) is 4.79 Å². The van der Waals surface area contributed by atoms with Crippen LogP contribution in [0.5, 0.6) is 17.2 Å². The van der Waals surface area contributed by atoms with Gasteiger partial charge in [0.25, 0.3) is 0 Å². The fraction of sp³-hybridized carbons (Fsp3) is 0.682. The largest absolute Gasteiger partial charge is 0.504 e. The number of benzene rings is 1. The second-order valence-corrected chi connectivity index (χ2v) is 9.72. The molecule has 0 aromatic heterocycles. The summed E-state index contributed by atoms with van der Waals surface area (Å²) in [6.45, 7) is 9.40. The van der Waals surface area contributed by atoms with E-state index in [9.17, 15) is 15.0 Å². The maximum atomic E-state index is 11.6. The number of fused-ring (bicyclic) bond motifs is 3. The van der Waals surface area contributed by atoms with E-state index in [1.807, 2.05) is 0 Å². The van der Waals surface area contributed by atoms with Crippen LogP contribution in [0.2, 0.25) is 0 Å². The Kier molecular flexibility index (Phi) is 3.67. The van der Waals surface area contributed by atoms with E-state index in [0.717, 1.165) is 18.4 Å². The lowest BCUT2D eigenvalue weighted by Crippen LogP contribution is -2.64. The Morgan fingerprint density at radius 2 is 1.92 bits per heavy atom. The predicted octanol–water partition coefficient (Wildman–Crippen LogP) is 4.85. The minimum absolute atomic E-state index is 0.0107. The maximum absolute atomic E-state index is 11.6. The van der Waals surface area contributed by atoms with Crippen molar-refractivity contribution in [3.8, 4) is 17.2 Å². The lowest BCUT2D eigenvalue weighted by molar-refractivity contribution is -0.184. The summed E-state index contributed by atoms with van der Waals surface area (Å²) < 4.78 is 6.67. The fourth-order valence-corrected chi connectivity index (χ4v) is 6.72. The number of carbonyl (C=O) groups excluding carboxylic acids is 1. The van der Waals surface area contributed by atoms with Gasteiger partial charge >= 0.3 is 0 Å². The van der Waals surface area contributed by atoms with Gasteiger partial charge in [0.2, 0.25) is 0 Å². The van der Waals surface area contributed by atoms with Crippen molar-refractivity contribution in [1.82, 2.24) is 0 Å². The van der Waals surface area contributed by atoms with Crippen LogP contribution >= 0.6 is 0 Å². The molecule has 2 aliphatic carbocycles. The Labute approximate surface area is 155 Å². The number of hydrogen-bond donors (Lipinski definition) is 2. The number of aromatic hydroxyl groups is 2. The average molecular weight is 358 g/mol. The van der Waals surface area contributed by atoms with E-state index in [1.54, 1.807) is 6.07 Å². The minimum atomic E-state index is -0.381. The predicted molar refractivity (Wildman–Crippen MR) is 99.8 cm³/mol. The molecule has 2 N–H and O–H groups in total. The molecule has 1 spiro atoms. The highest BCUT2D eigenvalue weighted by atomic mass is 16.5. The molecular weight excluding hydrogens is 328 g/mol. The van der Waals surface area contributed by atoms with Gasteiger partial charge in [0, 0.05) is 17.4 Å². The summed E-state index contributed by atoms with van der Waals surface area (Å²) in [5, 5.41) is 20.2. The van der Waals surface area contributed by atoms with Crippen molar-refractivity contribution in [3.05, 3.63) is 17.2 Å². The third-order valence-corrected chi connectivity index (χ3v) is 8.08. The highest BCUT2D eigenvalue weighted by molar-refractivity contribution is 5.86. The van der Waals surface area contributed by atoms with Crippen molar-refractivity contribution in [2.75, 3.05) is 0 Å². The first-order valence-electron chi connectivity index (χ1n) is 9.88. The molecule has 1 aromatic carbocycles. The van der Waals surface area contributed by atoms with Gasteiger partial charge in [-0.1, -0.05) is 34.1 Å². The third kappa shape index (κ3) is 2.04. The normalized spacial score (nSPS) is 37.7. The van der Waals surface area contributed by atoms with Crippen molar-refractivity contribution in [1.29, 1.82) is 0 Å². The summed E-state index contributed by atoms with van der Waals surface area (Å²) in [4.78, 5) is 11.6. The molecule has 4 nitrogen and oxygen atoms in total. The van der Waals surface area contributed by atoms with E-state index < -0.39 is 0 Å². The Balaban J connectivity index is 1.86. The van der Waals surface area contributed by atoms with E-state index in [2.05, 4.69) is 27.7 Å². The first-order chi connectivity index (χ1) is 12.2. The van der Waals surface area contributed by atoms with Crippen LogP contribution < -0.4 is 4.74 Å². The number of rotatable bonds is 1. The number of ether oxygens (including phenoxy) is 1. The number of phenolic OH excluding ortho intramolecular Hbond substituents is 2. The van der Waals surface area contributed by atoms with Gasteiger partial charge in [0.05, 0.1) is 0 Å². The summed E-state index contributed by atoms with van der Waals surface area (Å²) in [5.74, 6) is 0.794. The van der Waals surface area contributed by atoms with E-state index in [-0.39, 0.29) is 33.5 Å². The van der Waals surface area contributed by atoms with E-state index in [0.29, 0.717) is 30.3 Å². The zero-order valence-electron chi connectivity index (χ0n) is 16.3. The molecule has 2 fully saturated rings. The van der Waals surface area contributed by atoms with Crippen LogP contribution in [-0.2, 0) is 6.42 Å². The smallest absolute Gasteiger partial charge is 0.171 e. The number of carbonyl (C=O) groups is 1. The lowest BCUT2D eigenvalue weighted by Gasteiger charge is -2.63. The van der Waals surface area contributed by atoms with Crippen molar-refractivity contribution < 1.29 is 19.7 Å². The van der Waals surface area contributed by atoms with Crippen LogP contribution in [0, 0.1) is 22.7 Å². The number of phenols is 2. The first-order valence-corrected chi connectivity index (χ1v) is 9.88. The number of hydrogen-bond acceptors (Lipinski definition) is 4. The Hall–Kier alpha value is -1.71. The Morgan fingerprint density at radius 1 is 1.19 bits per heavy atom. The molecule has 4 heteroatoms. The molecule has 0 radical (unpaired) electrons. The van der Waals surface area contributed by atoms with Crippen LogP contribution in [0.3, 0.4) is 0 Å². The molecule has 0 bridgehead atoms. The first kappa shape index (κ1) is 17.7. The molecule has 0 saturated heterocycles. The molecule has 0 amide bonds. The molecule has 1 heterocycles. The summed E-state index contributed by atoms with van der Waals surface area (Å²) in [7, 11) is 0. The van der Waals surface area contributed by atoms with Crippen molar-refractivity contribution in [3.63, 3.8) is 0 Å². The van der Waals surface area contributed by atoms with E-state index >= 15 is 0 Å². The monoisotopic (exact) mass is 358 g/mol. The third-order valence-electron chi connectivity index (χ3n) is 8.08. The molecule has 1 aliphatic heterocycles. The van der Waals surface area contributed by atoms with Crippen LogP contribution in [-0.4, -0.2) is 22.1 Å². The van der Waals surface area contributed by atoms with Crippen molar-refractivity contribution in [2.24, 2.45) is 22.7 Å². The quantitative estimate of drug-likeness (QED) is 0.556. The van der Waals surface area contributed by atoms with Gasteiger partial charge in [-0.2, -0.15) is 0 Å². The van der Waals surface area contributed by atoms with E-state index in [1.165, 1.54) is 19.3 Å². The zero-order chi connectivity index (χ0) is 18.9. The van der Waals surface area contributed by atoms with Gasteiger partial charge in [-0.15, -0.1) is 0 Å². The zero-order valence-corrected chi connectivity index (χ0v) is 16.3. The second-order valence-electron chi connectivity index (χ2n) is 9.72. The van der Waals surface area contributed by atoms with Gasteiger partial charge in [0.15, 0.2) is 17.8 Å². The number of aldehydes is 1. The lowest BCUT2D eigenvalue weighted by atomic mass is 9.44. The highest BCUT2D eigenvalue weighted by Gasteiger charge is 2.65. The molecule has 1 aromatic rings. The maximum Gasteiger partial charge on any atom is 0.171 e. The highest BCUT2D eigenvalue weighted by Crippen LogP contribution is 2.66. The van der Waals surface area contributed by atoms with Crippen molar-refractivity contribution >= 4 is 6.29 Å². The van der Waals surface area contributed by atoms with Gasteiger partial charge in [-0.05, 0) is 49.0 Å². The van der Waals surface area contributed by atoms with Crippen LogP contribution in [0.25, 0.3) is 0 Å².